The molecule has 1 amide bonds. The van der Waals surface area contributed by atoms with E-state index in [1.807, 2.05) is 19.1 Å². The van der Waals surface area contributed by atoms with Crippen molar-refractivity contribution in [2.24, 2.45) is 5.92 Å². The van der Waals surface area contributed by atoms with Crippen LogP contribution in [-0.4, -0.2) is 32.2 Å². The largest absolute Gasteiger partial charge is 0.493 e. The first-order valence-electron chi connectivity index (χ1n) is 7.49. The summed E-state index contributed by atoms with van der Waals surface area (Å²) in [5.74, 6) is 1.47. The maximum absolute atomic E-state index is 12.3. The second-order valence-electron chi connectivity index (χ2n) is 5.36. The number of halogens is 1. The first-order chi connectivity index (χ1) is 10.1. The van der Waals surface area contributed by atoms with Gasteiger partial charge in [0, 0.05) is 23.7 Å². The minimum absolute atomic E-state index is 0. The number of anilines is 1. The van der Waals surface area contributed by atoms with Gasteiger partial charge in [-0.1, -0.05) is 0 Å². The highest BCUT2D eigenvalue weighted by Gasteiger charge is 2.24. The van der Waals surface area contributed by atoms with Crippen molar-refractivity contribution >= 4 is 24.0 Å². The van der Waals surface area contributed by atoms with E-state index in [-0.39, 0.29) is 24.2 Å². The third-order valence-corrected chi connectivity index (χ3v) is 3.73. The molecule has 1 heterocycles. The predicted molar refractivity (Wildman–Crippen MR) is 90.2 cm³/mol. The lowest BCUT2D eigenvalue weighted by molar-refractivity contribution is -0.120. The monoisotopic (exact) mass is 328 g/mol. The van der Waals surface area contributed by atoms with E-state index in [9.17, 15) is 4.79 Å². The molecule has 1 saturated heterocycles. The van der Waals surface area contributed by atoms with Gasteiger partial charge < -0.3 is 20.1 Å². The molecule has 2 rings (SSSR count). The summed E-state index contributed by atoms with van der Waals surface area (Å²) in [6.07, 6.45) is 1.75. The van der Waals surface area contributed by atoms with E-state index < -0.39 is 0 Å². The number of hydrogen-bond donors (Lipinski definition) is 2. The first kappa shape index (κ1) is 18.6. The molecule has 1 aromatic carbocycles. The molecule has 1 aliphatic rings. The molecule has 5 nitrogen and oxygen atoms in total. The fraction of sp³-hybridized carbons (Fsp3) is 0.562. The highest BCUT2D eigenvalue weighted by molar-refractivity contribution is 5.93. The van der Waals surface area contributed by atoms with E-state index in [0.717, 1.165) is 25.1 Å². The molecule has 1 fully saturated rings. The lowest BCUT2D eigenvalue weighted by Gasteiger charge is -2.27. The maximum Gasteiger partial charge on any atom is 0.227 e. The lowest BCUT2D eigenvalue weighted by Crippen LogP contribution is -2.40. The van der Waals surface area contributed by atoms with Gasteiger partial charge in [-0.3, -0.25) is 4.79 Å². The summed E-state index contributed by atoms with van der Waals surface area (Å²) in [4.78, 5) is 12.3. The molecule has 0 unspecified atom stereocenters. The zero-order chi connectivity index (χ0) is 15.2. The zero-order valence-electron chi connectivity index (χ0n) is 13.3. The van der Waals surface area contributed by atoms with Gasteiger partial charge in [-0.05, 0) is 45.4 Å². The fourth-order valence-corrected chi connectivity index (χ4v) is 2.63. The predicted octanol–water partition coefficient (Wildman–Crippen LogP) is 2.84. The van der Waals surface area contributed by atoms with E-state index >= 15 is 0 Å². The zero-order valence-corrected chi connectivity index (χ0v) is 14.2. The summed E-state index contributed by atoms with van der Waals surface area (Å²) in [5.41, 5.74) is 0.742. The number of benzene rings is 1. The fourth-order valence-electron chi connectivity index (χ4n) is 2.63. The Labute approximate surface area is 138 Å². The number of rotatable bonds is 5. The van der Waals surface area contributed by atoms with Gasteiger partial charge in [0.15, 0.2) is 11.5 Å². The van der Waals surface area contributed by atoms with Crippen molar-refractivity contribution in [2.75, 3.05) is 25.6 Å². The lowest BCUT2D eigenvalue weighted by atomic mass is 9.92. The smallest absolute Gasteiger partial charge is 0.227 e. The van der Waals surface area contributed by atoms with Gasteiger partial charge in [-0.2, -0.15) is 0 Å². The van der Waals surface area contributed by atoms with Crippen LogP contribution in [0.4, 0.5) is 5.69 Å². The number of methoxy groups -OCH3 is 1. The Bertz CT molecular complexity index is 496. The molecule has 0 spiro atoms. The van der Waals surface area contributed by atoms with Gasteiger partial charge in [0.25, 0.3) is 0 Å². The van der Waals surface area contributed by atoms with Crippen LogP contribution in [0.3, 0.4) is 0 Å². The van der Waals surface area contributed by atoms with Crippen molar-refractivity contribution in [1.29, 1.82) is 0 Å². The number of carbonyl (C=O) groups is 1. The molecule has 0 aliphatic carbocycles. The van der Waals surface area contributed by atoms with Crippen molar-refractivity contribution in [2.45, 2.75) is 32.7 Å². The number of hydrogen-bond acceptors (Lipinski definition) is 4. The van der Waals surface area contributed by atoms with Crippen LogP contribution in [-0.2, 0) is 4.79 Å². The second kappa shape index (κ2) is 8.86. The molecular weight excluding hydrogens is 304 g/mol. The van der Waals surface area contributed by atoms with Crippen LogP contribution in [0.5, 0.6) is 11.5 Å². The quantitative estimate of drug-likeness (QED) is 0.872. The number of carbonyl (C=O) groups excluding carboxylic acids is 1. The van der Waals surface area contributed by atoms with Gasteiger partial charge in [-0.25, -0.2) is 0 Å². The molecular formula is C16H25ClN2O3. The van der Waals surface area contributed by atoms with Gasteiger partial charge in [-0.15, -0.1) is 12.4 Å². The van der Waals surface area contributed by atoms with Crippen LogP contribution >= 0.6 is 12.4 Å². The van der Waals surface area contributed by atoms with Gasteiger partial charge in [0.2, 0.25) is 5.91 Å². The van der Waals surface area contributed by atoms with Gasteiger partial charge in [0.05, 0.1) is 13.7 Å². The van der Waals surface area contributed by atoms with Crippen molar-refractivity contribution in [3.05, 3.63) is 18.2 Å². The third kappa shape index (κ3) is 4.78. The van der Waals surface area contributed by atoms with E-state index in [0.29, 0.717) is 24.1 Å². The van der Waals surface area contributed by atoms with Crippen molar-refractivity contribution < 1.29 is 14.3 Å². The number of piperidine rings is 1. The topological polar surface area (TPSA) is 59.6 Å². The molecule has 0 aromatic heterocycles. The average Bonchev–Trinajstić information content (AvgIpc) is 2.49. The standard InChI is InChI=1S/C16H24N2O3.ClH/c1-4-21-14-6-5-13(10-15(14)20-3)18-16(19)12-7-8-17-11(2)9-12;/h5-6,10-12,17H,4,7-9H2,1-3H3,(H,18,19);1H/t11-,12-;/m0./s1. The van der Waals surface area contributed by atoms with Gasteiger partial charge >= 0.3 is 0 Å². The Morgan fingerprint density at radius 3 is 2.82 bits per heavy atom. The summed E-state index contributed by atoms with van der Waals surface area (Å²) in [5, 5.41) is 6.33. The summed E-state index contributed by atoms with van der Waals surface area (Å²) < 4.78 is 10.8. The second-order valence-corrected chi connectivity index (χ2v) is 5.36. The van der Waals surface area contributed by atoms with E-state index in [1.165, 1.54) is 0 Å². The van der Waals surface area contributed by atoms with E-state index in [2.05, 4.69) is 17.6 Å². The van der Waals surface area contributed by atoms with E-state index in [4.69, 9.17) is 9.47 Å². The summed E-state index contributed by atoms with van der Waals surface area (Å²) in [6.45, 7) is 5.51. The van der Waals surface area contributed by atoms with Crippen molar-refractivity contribution in [1.82, 2.24) is 5.32 Å². The van der Waals surface area contributed by atoms with Crippen LogP contribution in [0.15, 0.2) is 18.2 Å². The molecule has 0 saturated carbocycles. The molecule has 1 aromatic rings. The highest BCUT2D eigenvalue weighted by Crippen LogP contribution is 2.30. The summed E-state index contributed by atoms with van der Waals surface area (Å²) in [7, 11) is 1.60. The number of ether oxygens (including phenoxy) is 2. The molecule has 124 valence electrons. The summed E-state index contributed by atoms with van der Waals surface area (Å²) >= 11 is 0. The first-order valence-corrected chi connectivity index (χ1v) is 7.49. The Hall–Kier alpha value is -1.46. The van der Waals surface area contributed by atoms with Crippen LogP contribution in [0.1, 0.15) is 26.7 Å². The number of amides is 1. The van der Waals surface area contributed by atoms with E-state index in [1.54, 1.807) is 13.2 Å². The molecule has 1 aliphatic heterocycles. The SMILES string of the molecule is CCOc1ccc(NC(=O)[C@H]2CCN[C@@H](C)C2)cc1OC.Cl. The Morgan fingerprint density at radius 2 is 2.18 bits per heavy atom. The van der Waals surface area contributed by atoms with Crippen LogP contribution < -0.4 is 20.1 Å². The molecule has 0 bridgehead atoms. The number of nitrogens with one attached hydrogen (secondary N) is 2. The highest BCUT2D eigenvalue weighted by atomic mass is 35.5. The Morgan fingerprint density at radius 1 is 1.41 bits per heavy atom. The maximum atomic E-state index is 12.3. The molecule has 2 atom stereocenters. The average molecular weight is 329 g/mol. The van der Waals surface area contributed by atoms with Gasteiger partial charge in [0.1, 0.15) is 0 Å². The Balaban J connectivity index is 0.00000242. The normalized spacial score (nSPS) is 20.7. The van der Waals surface area contributed by atoms with Crippen molar-refractivity contribution in [3.8, 4) is 11.5 Å². The van der Waals surface area contributed by atoms with Crippen LogP contribution in [0.25, 0.3) is 0 Å². The minimum Gasteiger partial charge on any atom is -0.493 e. The van der Waals surface area contributed by atoms with Crippen LogP contribution in [0.2, 0.25) is 0 Å². The molecule has 0 radical (unpaired) electrons. The van der Waals surface area contributed by atoms with Crippen molar-refractivity contribution in [3.63, 3.8) is 0 Å². The molecule has 2 N–H and O–H groups in total. The third-order valence-electron chi connectivity index (χ3n) is 3.73. The summed E-state index contributed by atoms with van der Waals surface area (Å²) in [6, 6.07) is 5.86. The minimum atomic E-state index is 0. The van der Waals surface area contributed by atoms with Crippen LogP contribution in [0, 0.1) is 5.92 Å². The molecule has 22 heavy (non-hydrogen) atoms. The Kier molecular flexibility index (Phi) is 7.48. The molecule has 6 heteroatoms.